The fourth-order valence-electron chi connectivity index (χ4n) is 3.22. The predicted octanol–water partition coefficient (Wildman–Crippen LogP) is 2.94. The van der Waals surface area contributed by atoms with E-state index in [2.05, 4.69) is 20.8 Å². The molecule has 2 aliphatic rings. The molecule has 114 valence electrons. The number of ether oxygens (including phenoxy) is 2. The van der Waals surface area contributed by atoms with Crippen LogP contribution in [0.1, 0.15) is 54.4 Å². The zero-order valence-electron chi connectivity index (χ0n) is 13.4. The number of rotatable bonds is 4. The highest BCUT2D eigenvalue weighted by Crippen LogP contribution is 2.65. The second-order valence-electron chi connectivity index (χ2n) is 7.49. The van der Waals surface area contributed by atoms with Crippen molar-refractivity contribution in [3.63, 3.8) is 0 Å². The van der Waals surface area contributed by atoms with Gasteiger partial charge in [-0.2, -0.15) is 0 Å². The highest BCUT2D eigenvalue weighted by molar-refractivity contribution is 5.93. The zero-order valence-corrected chi connectivity index (χ0v) is 13.4. The van der Waals surface area contributed by atoms with E-state index in [-0.39, 0.29) is 11.9 Å². The van der Waals surface area contributed by atoms with E-state index in [0.717, 1.165) is 0 Å². The Morgan fingerprint density at radius 1 is 1.25 bits per heavy atom. The van der Waals surface area contributed by atoms with Crippen molar-refractivity contribution in [2.75, 3.05) is 6.61 Å². The van der Waals surface area contributed by atoms with Crippen LogP contribution < -0.4 is 0 Å². The summed E-state index contributed by atoms with van der Waals surface area (Å²) in [5, 5.41) is 0. The Hall–Kier alpha value is -1.06. The van der Waals surface area contributed by atoms with Crippen molar-refractivity contribution in [3.8, 4) is 0 Å². The number of carbonyl (C=O) groups excluding carboxylic acids is 2. The molecule has 1 saturated carbocycles. The number of hydrogen-bond donors (Lipinski definition) is 0. The maximum Gasteiger partial charge on any atom is 0.351 e. The van der Waals surface area contributed by atoms with Gasteiger partial charge >= 0.3 is 11.9 Å². The van der Waals surface area contributed by atoms with Crippen LogP contribution in [0.15, 0.2) is 0 Å². The smallest absolute Gasteiger partial charge is 0.351 e. The van der Waals surface area contributed by atoms with Crippen molar-refractivity contribution in [2.45, 2.75) is 60.0 Å². The minimum atomic E-state index is -1.09. The van der Waals surface area contributed by atoms with Gasteiger partial charge in [-0.05, 0) is 31.6 Å². The van der Waals surface area contributed by atoms with Crippen LogP contribution in [-0.2, 0) is 19.1 Å². The third kappa shape index (κ3) is 1.73. The third-order valence-corrected chi connectivity index (χ3v) is 6.03. The lowest BCUT2D eigenvalue weighted by atomic mass is 9.66. The van der Waals surface area contributed by atoms with E-state index in [0.29, 0.717) is 31.3 Å². The number of esters is 2. The molecule has 1 aliphatic heterocycles. The standard InChI is InChI=1S/C16H26O4/c1-10(2)11(3)9-19-13(18)16-8-7-15(6,12(17)20-16)14(16,4)5/h10-11H,7-9H2,1-6H3. The minimum Gasteiger partial charge on any atom is -0.462 e. The summed E-state index contributed by atoms with van der Waals surface area (Å²) in [5.41, 5.74) is -2.18. The van der Waals surface area contributed by atoms with Gasteiger partial charge in [0.1, 0.15) is 0 Å². The van der Waals surface area contributed by atoms with Crippen LogP contribution in [-0.4, -0.2) is 24.1 Å². The van der Waals surface area contributed by atoms with Crippen molar-refractivity contribution >= 4 is 11.9 Å². The first-order valence-corrected chi connectivity index (χ1v) is 7.49. The van der Waals surface area contributed by atoms with Crippen LogP contribution in [0, 0.1) is 22.7 Å². The average molecular weight is 282 g/mol. The molecule has 1 saturated heterocycles. The summed E-state index contributed by atoms with van der Waals surface area (Å²) < 4.78 is 11.0. The van der Waals surface area contributed by atoms with E-state index < -0.39 is 16.4 Å². The molecule has 4 heteroatoms. The van der Waals surface area contributed by atoms with E-state index in [1.165, 1.54) is 0 Å². The van der Waals surface area contributed by atoms with Crippen LogP contribution in [0.25, 0.3) is 0 Å². The lowest BCUT2D eigenvalue weighted by molar-refractivity contribution is -0.184. The van der Waals surface area contributed by atoms with E-state index >= 15 is 0 Å². The molecule has 2 fully saturated rings. The molecule has 0 aromatic carbocycles. The quantitative estimate of drug-likeness (QED) is 0.744. The van der Waals surface area contributed by atoms with Gasteiger partial charge in [0.15, 0.2) is 0 Å². The molecule has 0 radical (unpaired) electrons. The molecule has 20 heavy (non-hydrogen) atoms. The monoisotopic (exact) mass is 282 g/mol. The first kappa shape index (κ1) is 15.3. The Bertz CT molecular complexity index is 440. The third-order valence-electron chi connectivity index (χ3n) is 6.03. The SMILES string of the molecule is CC(C)C(C)COC(=O)C12CCC(C)(C(=O)O1)C2(C)C. The van der Waals surface area contributed by atoms with E-state index in [4.69, 9.17) is 9.47 Å². The Balaban J connectivity index is 2.16. The van der Waals surface area contributed by atoms with Crippen LogP contribution in [0.3, 0.4) is 0 Å². The van der Waals surface area contributed by atoms with Gasteiger partial charge in [-0.25, -0.2) is 4.79 Å². The largest absolute Gasteiger partial charge is 0.462 e. The first-order valence-electron chi connectivity index (χ1n) is 7.49. The van der Waals surface area contributed by atoms with Crippen molar-refractivity contribution in [2.24, 2.45) is 22.7 Å². The first-order chi connectivity index (χ1) is 9.08. The zero-order chi connectivity index (χ0) is 15.3. The van der Waals surface area contributed by atoms with Gasteiger partial charge in [0.2, 0.25) is 5.60 Å². The molecule has 1 heterocycles. The molecular weight excluding hydrogens is 256 g/mol. The topological polar surface area (TPSA) is 52.6 Å². The van der Waals surface area contributed by atoms with Gasteiger partial charge in [-0.1, -0.05) is 34.6 Å². The van der Waals surface area contributed by atoms with Crippen molar-refractivity contribution in [1.82, 2.24) is 0 Å². The summed E-state index contributed by atoms with van der Waals surface area (Å²) in [6, 6.07) is 0. The van der Waals surface area contributed by atoms with Crippen LogP contribution >= 0.6 is 0 Å². The summed E-state index contributed by atoms with van der Waals surface area (Å²) in [4.78, 5) is 24.7. The maximum atomic E-state index is 12.6. The molecule has 0 amide bonds. The molecule has 0 spiro atoms. The molecule has 3 atom stereocenters. The highest BCUT2D eigenvalue weighted by Gasteiger charge is 2.76. The second-order valence-corrected chi connectivity index (χ2v) is 7.49. The Labute approximate surface area is 121 Å². The predicted molar refractivity (Wildman–Crippen MR) is 74.9 cm³/mol. The van der Waals surface area contributed by atoms with E-state index in [1.807, 2.05) is 20.8 Å². The van der Waals surface area contributed by atoms with E-state index in [9.17, 15) is 9.59 Å². The van der Waals surface area contributed by atoms with Crippen molar-refractivity contribution in [1.29, 1.82) is 0 Å². The number of carbonyl (C=O) groups is 2. The van der Waals surface area contributed by atoms with Crippen LogP contribution in [0.2, 0.25) is 0 Å². The normalized spacial score (nSPS) is 36.0. The number of fused-ring (bicyclic) bond motifs is 2. The molecule has 4 nitrogen and oxygen atoms in total. The van der Waals surface area contributed by atoms with Crippen LogP contribution in [0.4, 0.5) is 0 Å². The number of hydrogen-bond acceptors (Lipinski definition) is 4. The molecule has 0 aromatic rings. The van der Waals surface area contributed by atoms with E-state index in [1.54, 1.807) is 0 Å². The van der Waals surface area contributed by atoms with Crippen molar-refractivity contribution < 1.29 is 19.1 Å². The van der Waals surface area contributed by atoms with Gasteiger partial charge < -0.3 is 9.47 Å². The van der Waals surface area contributed by atoms with Crippen molar-refractivity contribution in [3.05, 3.63) is 0 Å². The second kappa shape index (κ2) is 4.47. The molecule has 3 unspecified atom stereocenters. The summed E-state index contributed by atoms with van der Waals surface area (Å²) in [6.07, 6.45) is 1.25. The van der Waals surface area contributed by atoms with Gasteiger partial charge in [0.05, 0.1) is 12.0 Å². The fraction of sp³-hybridized carbons (Fsp3) is 0.875. The Morgan fingerprint density at radius 2 is 1.85 bits per heavy atom. The van der Waals surface area contributed by atoms with Gasteiger partial charge in [-0.15, -0.1) is 0 Å². The summed E-state index contributed by atoms with van der Waals surface area (Å²) in [7, 11) is 0. The maximum absolute atomic E-state index is 12.6. The highest BCUT2D eigenvalue weighted by atomic mass is 16.6. The fourth-order valence-corrected chi connectivity index (χ4v) is 3.22. The summed E-state index contributed by atoms with van der Waals surface area (Å²) in [5.74, 6) is 0.115. The molecule has 2 bridgehead atoms. The molecule has 0 aromatic heterocycles. The Kier molecular flexibility index (Phi) is 3.43. The van der Waals surface area contributed by atoms with Gasteiger partial charge in [0.25, 0.3) is 0 Å². The summed E-state index contributed by atoms with van der Waals surface area (Å²) in [6.45, 7) is 12.4. The molecular formula is C16H26O4. The molecule has 1 aliphatic carbocycles. The minimum absolute atomic E-state index is 0.261. The van der Waals surface area contributed by atoms with Gasteiger partial charge in [0, 0.05) is 5.41 Å². The Morgan fingerprint density at radius 3 is 2.25 bits per heavy atom. The lowest BCUT2D eigenvalue weighted by Crippen LogP contribution is -2.49. The van der Waals surface area contributed by atoms with Gasteiger partial charge in [-0.3, -0.25) is 4.79 Å². The average Bonchev–Trinajstić information content (AvgIpc) is 2.65. The van der Waals surface area contributed by atoms with Crippen LogP contribution in [0.5, 0.6) is 0 Å². The molecule has 2 rings (SSSR count). The lowest BCUT2D eigenvalue weighted by Gasteiger charge is -2.34. The molecule has 0 N–H and O–H groups in total. The summed E-state index contributed by atoms with van der Waals surface area (Å²) >= 11 is 0.